The van der Waals surface area contributed by atoms with Gasteiger partial charge in [0.2, 0.25) is 0 Å². The van der Waals surface area contributed by atoms with E-state index in [0.717, 1.165) is 24.1 Å². The van der Waals surface area contributed by atoms with Crippen LogP contribution in [0.5, 0.6) is 0 Å². The van der Waals surface area contributed by atoms with Crippen molar-refractivity contribution < 1.29 is 0 Å². The average molecular weight is 289 g/mol. The van der Waals surface area contributed by atoms with E-state index in [9.17, 15) is 0 Å². The lowest BCUT2D eigenvalue weighted by molar-refractivity contribution is 0.220. The summed E-state index contributed by atoms with van der Waals surface area (Å²) in [6.45, 7) is 6.64. The zero-order chi connectivity index (χ0) is 14.7. The van der Waals surface area contributed by atoms with Gasteiger partial charge in [-0.3, -0.25) is 4.98 Å². The van der Waals surface area contributed by atoms with E-state index >= 15 is 0 Å². The van der Waals surface area contributed by atoms with E-state index in [0.29, 0.717) is 6.04 Å². The number of piperidine rings is 1. The van der Waals surface area contributed by atoms with Crippen LogP contribution in [0.4, 0.5) is 5.82 Å². The highest BCUT2D eigenvalue weighted by atomic mass is 15.2. The Hall–Kier alpha value is -1.20. The molecule has 1 N–H and O–H groups in total. The van der Waals surface area contributed by atoms with Gasteiger partial charge in [0, 0.05) is 38.8 Å². The largest absolute Gasteiger partial charge is 0.355 e. The highest BCUT2D eigenvalue weighted by molar-refractivity contribution is 5.36. The fourth-order valence-corrected chi connectivity index (χ4v) is 2.97. The molecular formula is C16H27N5. The van der Waals surface area contributed by atoms with Gasteiger partial charge in [-0.05, 0) is 32.2 Å². The monoisotopic (exact) mass is 289 g/mol. The highest BCUT2D eigenvalue weighted by Gasteiger charge is 2.23. The minimum atomic E-state index is 0.595. The van der Waals surface area contributed by atoms with Crippen LogP contribution in [-0.2, 0) is 6.54 Å². The molecule has 0 atom stereocenters. The predicted octanol–water partition coefficient (Wildman–Crippen LogP) is 1.65. The summed E-state index contributed by atoms with van der Waals surface area (Å²) in [6, 6.07) is 1.32. The van der Waals surface area contributed by atoms with Gasteiger partial charge in [0.1, 0.15) is 5.82 Å². The van der Waals surface area contributed by atoms with E-state index in [1.54, 1.807) is 0 Å². The standard InChI is InChI=1S/C16H27N5/c1-3-21-8-6-15(7-9-21)20(2)16-12-18-14(11-19-16)10-17-13-4-5-13/h11-13,15,17H,3-10H2,1-2H3. The second kappa shape index (κ2) is 6.71. The van der Waals surface area contributed by atoms with Gasteiger partial charge in [-0.25, -0.2) is 4.98 Å². The minimum Gasteiger partial charge on any atom is -0.355 e. The Kier molecular flexibility index (Phi) is 4.70. The van der Waals surface area contributed by atoms with Crippen LogP contribution in [0.3, 0.4) is 0 Å². The van der Waals surface area contributed by atoms with Crippen LogP contribution in [0.25, 0.3) is 0 Å². The van der Waals surface area contributed by atoms with E-state index < -0.39 is 0 Å². The maximum absolute atomic E-state index is 4.60. The molecule has 1 saturated heterocycles. The molecule has 0 aromatic carbocycles. The van der Waals surface area contributed by atoms with Crippen molar-refractivity contribution in [2.24, 2.45) is 0 Å². The Morgan fingerprint density at radius 2 is 1.95 bits per heavy atom. The third-order valence-electron chi connectivity index (χ3n) is 4.75. The fourth-order valence-electron chi connectivity index (χ4n) is 2.97. The Bertz CT molecular complexity index is 434. The van der Waals surface area contributed by atoms with Crippen molar-refractivity contribution in [1.82, 2.24) is 20.2 Å². The van der Waals surface area contributed by atoms with Gasteiger partial charge < -0.3 is 15.1 Å². The van der Waals surface area contributed by atoms with Crippen molar-refractivity contribution in [3.05, 3.63) is 18.1 Å². The predicted molar refractivity (Wildman–Crippen MR) is 85.4 cm³/mol. The summed E-state index contributed by atoms with van der Waals surface area (Å²) in [5.41, 5.74) is 1.04. The zero-order valence-corrected chi connectivity index (χ0v) is 13.3. The number of anilines is 1. The molecule has 0 amide bonds. The molecule has 1 aromatic rings. The van der Waals surface area contributed by atoms with Crippen molar-refractivity contribution in [1.29, 1.82) is 0 Å². The average Bonchev–Trinajstić information content (AvgIpc) is 3.37. The summed E-state index contributed by atoms with van der Waals surface area (Å²) in [7, 11) is 2.15. The Balaban J connectivity index is 1.52. The number of hydrogen-bond acceptors (Lipinski definition) is 5. The normalized spacial score (nSPS) is 20.7. The first-order valence-corrected chi connectivity index (χ1v) is 8.25. The Morgan fingerprint density at radius 3 is 2.52 bits per heavy atom. The quantitative estimate of drug-likeness (QED) is 0.862. The van der Waals surface area contributed by atoms with Crippen LogP contribution in [0.1, 0.15) is 38.3 Å². The van der Waals surface area contributed by atoms with Gasteiger partial charge in [-0.15, -0.1) is 0 Å². The molecule has 1 aliphatic carbocycles. The number of likely N-dealkylation sites (tertiary alicyclic amines) is 1. The van der Waals surface area contributed by atoms with Crippen LogP contribution < -0.4 is 10.2 Å². The van der Waals surface area contributed by atoms with E-state index in [2.05, 4.69) is 39.1 Å². The van der Waals surface area contributed by atoms with E-state index in [-0.39, 0.29) is 0 Å². The van der Waals surface area contributed by atoms with Crippen LogP contribution in [-0.4, -0.2) is 53.6 Å². The Labute approximate surface area is 127 Å². The molecule has 1 aromatic heterocycles. The first-order chi connectivity index (χ1) is 10.3. The molecule has 0 unspecified atom stereocenters. The molecule has 2 aliphatic rings. The maximum atomic E-state index is 4.60. The number of aromatic nitrogens is 2. The molecule has 2 heterocycles. The molecule has 5 nitrogen and oxygen atoms in total. The first kappa shape index (κ1) is 14.7. The number of rotatable bonds is 6. The fraction of sp³-hybridized carbons (Fsp3) is 0.750. The van der Waals surface area contributed by atoms with Gasteiger partial charge in [0.25, 0.3) is 0 Å². The highest BCUT2D eigenvalue weighted by Crippen LogP contribution is 2.21. The van der Waals surface area contributed by atoms with Crippen molar-refractivity contribution in [2.75, 3.05) is 31.6 Å². The molecule has 2 fully saturated rings. The molecule has 0 spiro atoms. The molecule has 3 rings (SSSR count). The van der Waals surface area contributed by atoms with Gasteiger partial charge in [-0.2, -0.15) is 0 Å². The summed E-state index contributed by atoms with van der Waals surface area (Å²) < 4.78 is 0. The third kappa shape index (κ3) is 3.92. The summed E-state index contributed by atoms with van der Waals surface area (Å²) in [6.07, 6.45) is 8.90. The lowest BCUT2D eigenvalue weighted by Crippen LogP contribution is -2.43. The number of nitrogens with one attached hydrogen (secondary N) is 1. The molecule has 116 valence electrons. The zero-order valence-electron chi connectivity index (χ0n) is 13.3. The molecule has 0 radical (unpaired) electrons. The van der Waals surface area contributed by atoms with Crippen LogP contribution >= 0.6 is 0 Å². The summed E-state index contributed by atoms with van der Waals surface area (Å²) in [5, 5.41) is 3.47. The second-order valence-corrected chi connectivity index (χ2v) is 6.30. The van der Waals surface area contributed by atoms with Crippen LogP contribution in [0.2, 0.25) is 0 Å². The SMILES string of the molecule is CCN1CCC(N(C)c2cnc(CNC3CC3)cn2)CC1. The smallest absolute Gasteiger partial charge is 0.147 e. The molecule has 0 bridgehead atoms. The van der Waals surface area contributed by atoms with Crippen molar-refractivity contribution >= 4 is 5.82 Å². The Morgan fingerprint density at radius 1 is 1.19 bits per heavy atom. The second-order valence-electron chi connectivity index (χ2n) is 6.30. The molecular weight excluding hydrogens is 262 g/mol. The van der Waals surface area contributed by atoms with Gasteiger partial charge in [0.15, 0.2) is 0 Å². The van der Waals surface area contributed by atoms with E-state index in [1.807, 2.05) is 12.4 Å². The first-order valence-electron chi connectivity index (χ1n) is 8.25. The lowest BCUT2D eigenvalue weighted by Gasteiger charge is -2.36. The topological polar surface area (TPSA) is 44.3 Å². The minimum absolute atomic E-state index is 0.595. The molecule has 5 heteroatoms. The van der Waals surface area contributed by atoms with Gasteiger partial charge in [-0.1, -0.05) is 6.92 Å². The van der Waals surface area contributed by atoms with Gasteiger partial charge in [0.05, 0.1) is 18.1 Å². The van der Waals surface area contributed by atoms with Gasteiger partial charge >= 0.3 is 0 Å². The van der Waals surface area contributed by atoms with Crippen molar-refractivity contribution in [3.63, 3.8) is 0 Å². The summed E-state index contributed by atoms with van der Waals surface area (Å²) >= 11 is 0. The summed E-state index contributed by atoms with van der Waals surface area (Å²) in [4.78, 5) is 14.0. The van der Waals surface area contributed by atoms with Crippen molar-refractivity contribution in [2.45, 2.75) is 51.2 Å². The maximum Gasteiger partial charge on any atom is 0.147 e. The molecule has 21 heavy (non-hydrogen) atoms. The van der Waals surface area contributed by atoms with Crippen LogP contribution in [0.15, 0.2) is 12.4 Å². The molecule has 1 saturated carbocycles. The molecule has 1 aliphatic heterocycles. The summed E-state index contributed by atoms with van der Waals surface area (Å²) in [5.74, 6) is 1.00. The van der Waals surface area contributed by atoms with Crippen LogP contribution in [0, 0.1) is 0 Å². The number of nitrogens with zero attached hydrogens (tertiary/aromatic N) is 4. The van der Waals surface area contributed by atoms with E-state index in [1.165, 1.54) is 45.3 Å². The lowest BCUT2D eigenvalue weighted by atomic mass is 10.0. The third-order valence-corrected chi connectivity index (χ3v) is 4.75. The van der Waals surface area contributed by atoms with E-state index in [4.69, 9.17) is 0 Å². The number of hydrogen-bond donors (Lipinski definition) is 1. The van der Waals surface area contributed by atoms with Crippen molar-refractivity contribution in [3.8, 4) is 0 Å².